The van der Waals surface area contributed by atoms with Crippen LogP contribution in [0.25, 0.3) is 0 Å². The maximum Gasteiger partial charge on any atom is 0.0964 e. The zero-order chi connectivity index (χ0) is 13.5. The molecule has 0 saturated carbocycles. The molecule has 0 radical (unpaired) electrons. The summed E-state index contributed by atoms with van der Waals surface area (Å²) in [5, 5.41) is 8.99. The van der Waals surface area contributed by atoms with Gasteiger partial charge in [-0.05, 0) is 6.42 Å². The van der Waals surface area contributed by atoms with Crippen molar-refractivity contribution in [3.8, 4) is 0 Å². The lowest BCUT2D eigenvalue weighted by molar-refractivity contribution is 0.249. The van der Waals surface area contributed by atoms with Gasteiger partial charge in [0, 0.05) is 0 Å². The maximum atomic E-state index is 8.99. The predicted molar refractivity (Wildman–Crippen MR) is 85.3 cm³/mol. The van der Waals surface area contributed by atoms with Crippen molar-refractivity contribution < 1.29 is 5.11 Å². The van der Waals surface area contributed by atoms with E-state index in [0.29, 0.717) is 0 Å². The number of aliphatic hydroxyl groups excluding tert-OH is 1. The molecule has 0 amide bonds. The van der Waals surface area contributed by atoms with Gasteiger partial charge in [-0.3, -0.25) is 0 Å². The SMILES string of the molecule is CCCCCCCCCCCCCCCC(O)S. The molecule has 0 aromatic heterocycles. The number of unbranched alkanes of at least 4 members (excludes halogenated alkanes) is 12. The summed E-state index contributed by atoms with van der Waals surface area (Å²) in [6, 6.07) is 0. The van der Waals surface area contributed by atoms with Crippen LogP contribution >= 0.6 is 12.6 Å². The predicted octanol–water partition coefficient (Wildman–Crippen LogP) is 5.72. The summed E-state index contributed by atoms with van der Waals surface area (Å²) in [6.45, 7) is 2.27. The van der Waals surface area contributed by atoms with Gasteiger partial charge in [0.2, 0.25) is 0 Å². The van der Waals surface area contributed by atoms with Crippen LogP contribution < -0.4 is 0 Å². The van der Waals surface area contributed by atoms with Gasteiger partial charge in [-0.2, -0.15) is 0 Å². The van der Waals surface area contributed by atoms with Gasteiger partial charge in [-0.1, -0.05) is 90.4 Å². The van der Waals surface area contributed by atoms with Crippen molar-refractivity contribution in [3.63, 3.8) is 0 Å². The van der Waals surface area contributed by atoms with E-state index in [0.717, 1.165) is 12.8 Å². The quantitative estimate of drug-likeness (QED) is 0.236. The molecule has 1 nitrogen and oxygen atoms in total. The third-order valence-electron chi connectivity index (χ3n) is 3.57. The summed E-state index contributed by atoms with van der Waals surface area (Å²) < 4.78 is 0. The Balaban J connectivity index is 2.90. The zero-order valence-corrected chi connectivity index (χ0v) is 13.3. The lowest BCUT2D eigenvalue weighted by Gasteiger charge is -2.04. The van der Waals surface area contributed by atoms with Crippen LogP contribution in [0.4, 0.5) is 0 Å². The molecule has 0 rings (SSSR count). The van der Waals surface area contributed by atoms with Crippen molar-refractivity contribution in [2.75, 3.05) is 0 Å². The fraction of sp³-hybridized carbons (Fsp3) is 1.00. The molecule has 0 heterocycles. The second kappa shape index (κ2) is 15.4. The molecule has 1 atom stereocenters. The summed E-state index contributed by atoms with van der Waals surface area (Å²) >= 11 is 3.97. The first-order valence-electron chi connectivity index (χ1n) is 8.13. The molecule has 0 aliphatic rings. The smallest absolute Gasteiger partial charge is 0.0964 e. The van der Waals surface area contributed by atoms with Crippen LogP contribution in [0, 0.1) is 0 Å². The highest BCUT2D eigenvalue weighted by atomic mass is 32.1. The Hall–Kier alpha value is 0.310. The van der Waals surface area contributed by atoms with Crippen LogP contribution in [0.1, 0.15) is 96.8 Å². The first-order valence-corrected chi connectivity index (χ1v) is 8.65. The molecule has 0 fully saturated rings. The van der Waals surface area contributed by atoms with Crippen molar-refractivity contribution in [1.82, 2.24) is 0 Å². The Bertz CT molecular complexity index is 148. The van der Waals surface area contributed by atoms with Crippen molar-refractivity contribution in [1.29, 1.82) is 0 Å². The molecule has 0 bridgehead atoms. The van der Waals surface area contributed by atoms with Crippen molar-refractivity contribution in [3.05, 3.63) is 0 Å². The van der Waals surface area contributed by atoms with E-state index in [2.05, 4.69) is 19.6 Å². The molecule has 0 saturated heterocycles. The second-order valence-corrected chi connectivity index (χ2v) is 6.11. The molecular formula is C16H34OS. The maximum absolute atomic E-state index is 8.99. The summed E-state index contributed by atoms with van der Waals surface area (Å²) in [5.74, 6) is 0. The number of rotatable bonds is 14. The molecule has 110 valence electrons. The minimum atomic E-state index is -0.405. The van der Waals surface area contributed by atoms with E-state index in [1.54, 1.807) is 0 Å². The molecule has 1 N–H and O–H groups in total. The van der Waals surface area contributed by atoms with Crippen LogP contribution in [-0.4, -0.2) is 10.5 Å². The van der Waals surface area contributed by atoms with Crippen molar-refractivity contribution >= 4 is 12.6 Å². The number of hydrogen-bond acceptors (Lipinski definition) is 2. The monoisotopic (exact) mass is 274 g/mol. The molecule has 0 aromatic rings. The standard InChI is InChI=1S/C16H34OS/c1-2-3-4-5-6-7-8-9-10-11-12-13-14-15-16(17)18/h16-18H,2-15H2,1H3. The van der Waals surface area contributed by atoms with E-state index in [4.69, 9.17) is 5.11 Å². The highest BCUT2D eigenvalue weighted by Crippen LogP contribution is 2.13. The van der Waals surface area contributed by atoms with E-state index in [9.17, 15) is 0 Å². The highest BCUT2D eigenvalue weighted by Gasteiger charge is 1.96. The minimum Gasteiger partial charge on any atom is -0.383 e. The molecule has 2 heteroatoms. The van der Waals surface area contributed by atoms with Gasteiger partial charge >= 0.3 is 0 Å². The Labute approximate surface area is 120 Å². The second-order valence-electron chi connectivity index (χ2n) is 5.51. The third-order valence-corrected chi connectivity index (χ3v) is 3.82. The van der Waals surface area contributed by atoms with E-state index in [1.165, 1.54) is 77.0 Å². The summed E-state index contributed by atoms with van der Waals surface area (Å²) in [6.07, 6.45) is 18.7. The van der Waals surface area contributed by atoms with E-state index >= 15 is 0 Å². The Morgan fingerprint density at radius 2 is 1.00 bits per heavy atom. The summed E-state index contributed by atoms with van der Waals surface area (Å²) in [7, 11) is 0. The Morgan fingerprint density at radius 3 is 1.33 bits per heavy atom. The highest BCUT2D eigenvalue weighted by molar-refractivity contribution is 7.80. The molecule has 0 spiro atoms. The van der Waals surface area contributed by atoms with Gasteiger partial charge in [0.15, 0.2) is 0 Å². The average molecular weight is 275 g/mol. The Morgan fingerprint density at radius 1 is 0.667 bits per heavy atom. The molecule has 18 heavy (non-hydrogen) atoms. The van der Waals surface area contributed by atoms with Gasteiger partial charge < -0.3 is 5.11 Å². The number of hydrogen-bond donors (Lipinski definition) is 2. The zero-order valence-electron chi connectivity index (χ0n) is 12.4. The first-order chi connectivity index (χ1) is 8.77. The normalized spacial score (nSPS) is 12.8. The van der Waals surface area contributed by atoms with Gasteiger partial charge in [0.25, 0.3) is 0 Å². The average Bonchev–Trinajstić information content (AvgIpc) is 2.34. The molecule has 0 aliphatic carbocycles. The summed E-state index contributed by atoms with van der Waals surface area (Å²) in [5.41, 5.74) is -0.405. The largest absolute Gasteiger partial charge is 0.383 e. The van der Waals surface area contributed by atoms with Crippen LogP contribution in [-0.2, 0) is 0 Å². The fourth-order valence-corrected chi connectivity index (χ4v) is 2.53. The molecule has 1 unspecified atom stereocenters. The van der Waals surface area contributed by atoms with Crippen molar-refractivity contribution in [2.24, 2.45) is 0 Å². The van der Waals surface area contributed by atoms with E-state index in [1.807, 2.05) is 0 Å². The lowest BCUT2D eigenvalue weighted by Crippen LogP contribution is -1.94. The minimum absolute atomic E-state index is 0.405. The van der Waals surface area contributed by atoms with Gasteiger partial charge in [-0.25, -0.2) is 0 Å². The fourth-order valence-electron chi connectivity index (χ4n) is 2.34. The van der Waals surface area contributed by atoms with E-state index < -0.39 is 5.44 Å². The van der Waals surface area contributed by atoms with Gasteiger partial charge in [-0.15, -0.1) is 12.6 Å². The van der Waals surface area contributed by atoms with Crippen molar-refractivity contribution in [2.45, 2.75) is 102 Å². The lowest BCUT2D eigenvalue weighted by atomic mass is 10.0. The van der Waals surface area contributed by atoms with Crippen LogP contribution in [0.3, 0.4) is 0 Å². The van der Waals surface area contributed by atoms with Gasteiger partial charge in [0.05, 0.1) is 5.44 Å². The molecular weight excluding hydrogens is 240 g/mol. The number of thiol groups is 1. The van der Waals surface area contributed by atoms with E-state index in [-0.39, 0.29) is 0 Å². The summed E-state index contributed by atoms with van der Waals surface area (Å²) in [4.78, 5) is 0. The van der Waals surface area contributed by atoms with Crippen LogP contribution in [0.5, 0.6) is 0 Å². The molecule has 0 aromatic carbocycles. The third kappa shape index (κ3) is 16.3. The molecule has 0 aliphatic heterocycles. The Kier molecular flexibility index (Phi) is 15.6. The van der Waals surface area contributed by atoms with Crippen LogP contribution in [0.2, 0.25) is 0 Å². The topological polar surface area (TPSA) is 20.2 Å². The number of aliphatic hydroxyl groups is 1. The van der Waals surface area contributed by atoms with Crippen LogP contribution in [0.15, 0.2) is 0 Å². The van der Waals surface area contributed by atoms with Gasteiger partial charge in [0.1, 0.15) is 0 Å². The first kappa shape index (κ1) is 18.3.